The fourth-order valence-corrected chi connectivity index (χ4v) is 3.97. The van der Waals surface area contributed by atoms with E-state index in [1.165, 1.54) is 0 Å². The van der Waals surface area contributed by atoms with Crippen LogP contribution in [-0.2, 0) is 20.7 Å². The van der Waals surface area contributed by atoms with Crippen molar-refractivity contribution >= 4 is 20.9 Å². The van der Waals surface area contributed by atoms with Gasteiger partial charge in [-0.3, -0.25) is 4.18 Å². The molecule has 0 aliphatic heterocycles. The first-order chi connectivity index (χ1) is 10.3. The van der Waals surface area contributed by atoms with E-state index in [-0.39, 0.29) is 43.5 Å². The summed E-state index contributed by atoms with van der Waals surface area (Å²) in [7, 11) is -3.76. The van der Waals surface area contributed by atoms with Gasteiger partial charge in [-0.1, -0.05) is 64.1 Å². The normalized spacial score (nSPS) is 11.9. The molecule has 0 atom stereocenters. The number of hydrogen-bond donors (Lipinski definition) is 0. The Kier molecular flexibility index (Phi) is 7.75. The van der Waals surface area contributed by atoms with Gasteiger partial charge in [0, 0.05) is 5.39 Å². The summed E-state index contributed by atoms with van der Waals surface area (Å²) in [6.07, 6.45) is 0.713. The summed E-state index contributed by atoms with van der Waals surface area (Å²) >= 11 is 0. The Balaban J connectivity index is 0.00000264. The number of hydrogen-bond acceptors (Lipinski definition) is 3. The van der Waals surface area contributed by atoms with Crippen molar-refractivity contribution in [3.05, 3.63) is 42.0 Å². The quantitative estimate of drug-likeness (QED) is 0.589. The van der Waals surface area contributed by atoms with Crippen LogP contribution in [0.15, 0.2) is 41.3 Å². The topological polar surface area (TPSA) is 43.4 Å². The standard InChI is InChI=1S/C18H24O3S.Na.H/c1-13(2)11-16-10-9-15-7-5-6-8-17(15)18(16)22(19,20)21-12-14(3)4;;/h5-10,13-14H,11-12H2,1-4H3;;/q;+1;-1. The summed E-state index contributed by atoms with van der Waals surface area (Å²) in [5, 5.41) is 1.66. The van der Waals surface area contributed by atoms with Gasteiger partial charge in [0.1, 0.15) is 4.90 Å². The molecule has 0 unspecified atom stereocenters. The summed E-state index contributed by atoms with van der Waals surface area (Å²) in [5.41, 5.74) is 0.831. The maximum Gasteiger partial charge on any atom is 1.00 e. The molecule has 0 fully saturated rings. The molecule has 0 saturated carbocycles. The molecular formula is C18H25NaO3S. The second-order valence-corrected chi connectivity index (χ2v) is 8.06. The zero-order valence-electron chi connectivity index (χ0n) is 15.7. The SMILES string of the molecule is CC(C)COS(=O)(=O)c1c(CC(C)C)ccc2ccccc12.[H-].[Na+]. The molecule has 0 spiro atoms. The van der Waals surface area contributed by atoms with Crippen LogP contribution in [0.3, 0.4) is 0 Å². The molecule has 0 aromatic heterocycles. The van der Waals surface area contributed by atoms with E-state index in [0.29, 0.717) is 17.2 Å². The van der Waals surface area contributed by atoms with E-state index in [0.717, 1.165) is 16.3 Å². The Morgan fingerprint density at radius 1 is 1.00 bits per heavy atom. The fourth-order valence-electron chi connectivity index (χ4n) is 2.47. The molecular weight excluding hydrogens is 319 g/mol. The van der Waals surface area contributed by atoms with E-state index in [2.05, 4.69) is 13.8 Å². The summed E-state index contributed by atoms with van der Waals surface area (Å²) in [6.45, 7) is 8.25. The number of rotatable bonds is 6. The van der Waals surface area contributed by atoms with Gasteiger partial charge in [0.25, 0.3) is 10.1 Å². The summed E-state index contributed by atoms with van der Waals surface area (Å²) in [5.74, 6) is 0.540. The molecule has 0 aliphatic carbocycles. The molecule has 0 bridgehead atoms. The van der Waals surface area contributed by atoms with Crippen LogP contribution < -0.4 is 29.6 Å². The Morgan fingerprint density at radius 2 is 1.65 bits per heavy atom. The molecule has 0 heterocycles. The Bertz CT molecular complexity index is 758. The molecule has 2 rings (SSSR count). The molecule has 0 aliphatic rings. The van der Waals surface area contributed by atoms with Crippen molar-refractivity contribution in [1.82, 2.24) is 0 Å². The van der Waals surface area contributed by atoms with E-state index in [9.17, 15) is 8.42 Å². The van der Waals surface area contributed by atoms with Gasteiger partial charge in [-0.05, 0) is 29.2 Å². The minimum Gasteiger partial charge on any atom is -1.00 e. The van der Waals surface area contributed by atoms with E-state index in [1.807, 2.05) is 50.2 Å². The maximum atomic E-state index is 12.7. The third-order valence-corrected chi connectivity index (χ3v) is 4.82. The first-order valence-corrected chi connectivity index (χ1v) is 9.12. The maximum absolute atomic E-state index is 12.7. The van der Waals surface area contributed by atoms with Gasteiger partial charge in [-0.25, -0.2) is 0 Å². The van der Waals surface area contributed by atoms with E-state index in [1.54, 1.807) is 0 Å². The van der Waals surface area contributed by atoms with Gasteiger partial charge in [0.05, 0.1) is 6.61 Å². The smallest absolute Gasteiger partial charge is 1.00 e. The average Bonchev–Trinajstić information content (AvgIpc) is 2.44. The van der Waals surface area contributed by atoms with Crippen molar-refractivity contribution in [2.24, 2.45) is 11.8 Å². The minimum absolute atomic E-state index is 0. The van der Waals surface area contributed by atoms with Crippen molar-refractivity contribution in [3.8, 4) is 0 Å². The van der Waals surface area contributed by atoms with Gasteiger partial charge in [0.2, 0.25) is 0 Å². The fraction of sp³-hybridized carbons (Fsp3) is 0.444. The van der Waals surface area contributed by atoms with Gasteiger partial charge in [0.15, 0.2) is 0 Å². The minimum atomic E-state index is -3.76. The first-order valence-electron chi connectivity index (χ1n) is 7.71. The van der Waals surface area contributed by atoms with Gasteiger partial charge < -0.3 is 1.43 Å². The average molecular weight is 344 g/mol. The molecule has 5 heteroatoms. The monoisotopic (exact) mass is 344 g/mol. The van der Waals surface area contributed by atoms with Crippen molar-refractivity contribution in [2.75, 3.05) is 6.61 Å². The van der Waals surface area contributed by atoms with Crippen LogP contribution in [-0.4, -0.2) is 15.0 Å². The predicted molar refractivity (Wildman–Crippen MR) is 91.6 cm³/mol. The summed E-state index contributed by atoms with van der Waals surface area (Å²) in [6, 6.07) is 11.4. The molecule has 0 N–H and O–H groups in total. The number of benzene rings is 2. The third-order valence-electron chi connectivity index (χ3n) is 3.40. The largest absolute Gasteiger partial charge is 1.00 e. The van der Waals surface area contributed by atoms with Crippen molar-refractivity contribution in [3.63, 3.8) is 0 Å². The van der Waals surface area contributed by atoms with Gasteiger partial charge in [-0.2, -0.15) is 8.42 Å². The van der Waals surface area contributed by atoms with E-state index in [4.69, 9.17) is 4.18 Å². The molecule has 2 aromatic carbocycles. The van der Waals surface area contributed by atoms with Crippen molar-refractivity contribution in [2.45, 2.75) is 39.0 Å². The first kappa shape index (κ1) is 20.7. The van der Waals surface area contributed by atoms with Gasteiger partial charge >= 0.3 is 29.6 Å². The van der Waals surface area contributed by atoms with Crippen molar-refractivity contribution in [1.29, 1.82) is 0 Å². The summed E-state index contributed by atoms with van der Waals surface area (Å²) in [4.78, 5) is 0.333. The molecule has 0 radical (unpaired) electrons. The Hall–Kier alpha value is -0.390. The van der Waals surface area contributed by atoms with Crippen LogP contribution in [0, 0.1) is 11.8 Å². The predicted octanol–water partition coefficient (Wildman–Crippen LogP) is 1.52. The van der Waals surface area contributed by atoms with E-state index >= 15 is 0 Å². The third kappa shape index (κ3) is 5.30. The molecule has 0 amide bonds. The number of fused-ring (bicyclic) bond motifs is 1. The van der Waals surface area contributed by atoms with E-state index < -0.39 is 10.1 Å². The molecule has 3 nitrogen and oxygen atoms in total. The molecule has 0 saturated heterocycles. The zero-order chi connectivity index (χ0) is 16.3. The molecule has 122 valence electrons. The van der Waals surface area contributed by atoms with Crippen LogP contribution in [0.2, 0.25) is 0 Å². The zero-order valence-corrected chi connectivity index (χ0v) is 17.5. The molecule has 23 heavy (non-hydrogen) atoms. The van der Waals surface area contributed by atoms with Crippen LogP contribution in [0.4, 0.5) is 0 Å². The van der Waals surface area contributed by atoms with Gasteiger partial charge in [-0.15, -0.1) is 0 Å². The second-order valence-electron chi connectivity index (χ2n) is 6.51. The van der Waals surface area contributed by atoms with Crippen LogP contribution >= 0.6 is 0 Å². The van der Waals surface area contributed by atoms with Crippen molar-refractivity contribution < 1.29 is 43.6 Å². The second kappa shape index (κ2) is 8.63. The molecule has 2 aromatic rings. The summed E-state index contributed by atoms with van der Waals surface area (Å²) < 4.78 is 30.7. The van der Waals surface area contributed by atoms with Crippen LogP contribution in [0.25, 0.3) is 10.8 Å². The Labute approximate surface area is 163 Å². The van der Waals surface area contributed by atoms with Crippen LogP contribution in [0.5, 0.6) is 0 Å². The Morgan fingerprint density at radius 3 is 2.26 bits per heavy atom. The van der Waals surface area contributed by atoms with Crippen LogP contribution in [0.1, 0.15) is 34.7 Å².